The molecule has 0 radical (unpaired) electrons. The van der Waals surface area contributed by atoms with Crippen molar-refractivity contribution in [3.05, 3.63) is 23.8 Å². The van der Waals surface area contributed by atoms with Crippen LogP contribution in [0, 0.1) is 0 Å². The average Bonchev–Trinajstić information content (AvgIpc) is 2.12. The summed E-state index contributed by atoms with van der Waals surface area (Å²) in [6, 6.07) is 2.22. The van der Waals surface area contributed by atoms with E-state index in [1.807, 2.05) is 0 Å². The summed E-state index contributed by atoms with van der Waals surface area (Å²) in [5, 5.41) is 0. The molecular weight excluding hydrogens is 270 g/mol. The minimum atomic E-state index is -5.13. The highest BCUT2D eigenvalue weighted by atomic mass is 19.4. The van der Waals surface area contributed by atoms with E-state index in [1.165, 1.54) is 0 Å². The quantitative estimate of drug-likeness (QED) is 0.626. The predicted octanol–water partition coefficient (Wildman–Crippen LogP) is 3.30. The lowest BCUT2D eigenvalue weighted by Gasteiger charge is -2.14. The number of carbonyl (C=O) groups is 1. The number of ether oxygens (including phenoxy) is 2. The molecule has 0 aliphatic carbocycles. The Morgan fingerprint density at radius 3 is 1.56 bits per heavy atom. The van der Waals surface area contributed by atoms with E-state index in [0.717, 1.165) is 6.07 Å². The molecule has 1 rings (SSSR count). The Kier molecular flexibility index (Phi) is 3.73. The number of rotatable bonds is 3. The van der Waals surface area contributed by atoms with Crippen molar-refractivity contribution in [2.75, 3.05) is 0 Å². The monoisotopic (exact) mass is 274 g/mol. The van der Waals surface area contributed by atoms with Crippen molar-refractivity contribution in [2.24, 2.45) is 0 Å². The van der Waals surface area contributed by atoms with Crippen LogP contribution in [0.5, 0.6) is 11.5 Å². The predicted molar refractivity (Wildman–Crippen MR) is 45.2 cm³/mol. The van der Waals surface area contributed by atoms with Crippen molar-refractivity contribution in [1.29, 1.82) is 0 Å². The molecule has 0 atom stereocenters. The van der Waals surface area contributed by atoms with Crippen molar-refractivity contribution < 1.29 is 40.6 Å². The van der Waals surface area contributed by atoms with E-state index in [-0.39, 0.29) is 6.29 Å². The van der Waals surface area contributed by atoms with Crippen LogP contribution in [0.2, 0.25) is 0 Å². The summed E-state index contributed by atoms with van der Waals surface area (Å²) in [5.74, 6) is -2.14. The Bertz CT molecular complexity index is 403. The molecule has 9 heteroatoms. The van der Waals surface area contributed by atoms with Crippen LogP contribution in [-0.2, 0) is 0 Å². The van der Waals surface area contributed by atoms with Gasteiger partial charge in [-0.25, -0.2) is 0 Å². The second-order valence-electron chi connectivity index (χ2n) is 2.88. The third-order valence-electron chi connectivity index (χ3n) is 1.60. The zero-order valence-corrected chi connectivity index (χ0v) is 8.30. The fourth-order valence-corrected chi connectivity index (χ4v) is 1.07. The maximum Gasteiger partial charge on any atom is 0.573 e. The van der Waals surface area contributed by atoms with E-state index >= 15 is 0 Å². The van der Waals surface area contributed by atoms with Crippen LogP contribution in [0.1, 0.15) is 10.4 Å². The number of aldehydes is 1. The van der Waals surface area contributed by atoms with Gasteiger partial charge in [0.25, 0.3) is 0 Å². The van der Waals surface area contributed by atoms with Crippen LogP contribution >= 0.6 is 0 Å². The highest BCUT2D eigenvalue weighted by Gasteiger charge is 2.35. The number of halogens is 6. The van der Waals surface area contributed by atoms with Crippen LogP contribution in [0.15, 0.2) is 18.2 Å². The molecule has 1 aromatic carbocycles. The first kappa shape index (κ1) is 14.1. The number of carbonyl (C=O) groups excluding carboxylic acids is 1. The first-order chi connectivity index (χ1) is 8.12. The van der Waals surface area contributed by atoms with E-state index < -0.39 is 29.8 Å². The zero-order valence-electron chi connectivity index (χ0n) is 8.30. The summed E-state index contributed by atoms with van der Waals surface area (Å²) in [7, 11) is 0. The number of benzene rings is 1. The fourth-order valence-electron chi connectivity index (χ4n) is 1.07. The van der Waals surface area contributed by atoms with E-state index in [2.05, 4.69) is 9.47 Å². The molecule has 0 fully saturated rings. The minimum absolute atomic E-state index is 0.220. The zero-order chi connectivity index (χ0) is 14.0. The van der Waals surface area contributed by atoms with Crippen LogP contribution in [0.3, 0.4) is 0 Å². The van der Waals surface area contributed by atoms with Gasteiger partial charge >= 0.3 is 12.7 Å². The molecular formula is C9H4F6O3. The third-order valence-corrected chi connectivity index (χ3v) is 1.60. The normalized spacial score (nSPS) is 12.1. The Balaban J connectivity index is 3.14. The molecule has 0 aliphatic rings. The lowest BCUT2D eigenvalue weighted by Crippen LogP contribution is -2.20. The molecule has 0 N–H and O–H groups in total. The molecule has 0 heterocycles. The molecule has 0 saturated carbocycles. The standard InChI is InChI=1S/C9H4F6O3/c10-8(11,12)17-6-2-1-3-7(5(6)4-16)18-9(13,14)15/h1-4H. The van der Waals surface area contributed by atoms with Crippen molar-refractivity contribution >= 4 is 6.29 Å². The van der Waals surface area contributed by atoms with Gasteiger partial charge in [-0.05, 0) is 12.1 Å². The topological polar surface area (TPSA) is 35.5 Å². The molecule has 0 spiro atoms. The second-order valence-corrected chi connectivity index (χ2v) is 2.88. The smallest absolute Gasteiger partial charge is 0.405 e. The maximum atomic E-state index is 11.9. The van der Waals surface area contributed by atoms with Crippen LogP contribution in [0.25, 0.3) is 0 Å². The van der Waals surface area contributed by atoms with Gasteiger partial charge in [-0.15, -0.1) is 26.3 Å². The van der Waals surface area contributed by atoms with Gasteiger partial charge in [0.05, 0.1) is 5.56 Å². The summed E-state index contributed by atoms with van der Waals surface area (Å²) < 4.78 is 78.4. The van der Waals surface area contributed by atoms with Crippen molar-refractivity contribution in [3.63, 3.8) is 0 Å². The fraction of sp³-hybridized carbons (Fsp3) is 0.222. The Morgan fingerprint density at radius 1 is 0.889 bits per heavy atom. The highest BCUT2D eigenvalue weighted by molar-refractivity contribution is 5.83. The summed E-state index contributed by atoms with van der Waals surface area (Å²) in [5.41, 5.74) is -0.979. The molecule has 0 saturated heterocycles. The van der Waals surface area contributed by atoms with Crippen LogP contribution in [0.4, 0.5) is 26.3 Å². The summed E-state index contributed by atoms with van der Waals surface area (Å²) in [6.45, 7) is 0. The average molecular weight is 274 g/mol. The minimum Gasteiger partial charge on any atom is -0.405 e. The van der Waals surface area contributed by atoms with Gasteiger partial charge in [-0.2, -0.15) is 0 Å². The molecule has 0 unspecified atom stereocenters. The Hall–Kier alpha value is -1.93. The van der Waals surface area contributed by atoms with E-state index in [0.29, 0.717) is 12.1 Å². The van der Waals surface area contributed by atoms with Gasteiger partial charge in [-0.1, -0.05) is 6.07 Å². The largest absolute Gasteiger partial charge is 0.573 e. The van der Waals surface area contributed by atoms with Crippen molar-refractivity contribution in [1.82, 2.24) is 0 Å². The van der Waals surface area contributed by atoms with E-state index in [9.17, 15) is 31.1 Å². The maximum absolute atomic E-state index is 11.9. The summed E-state index contributed by atoms with van der Waals surface area (Å²) in [4.78, 5) is 10.5. The molecule has 3 nitrogen and oxygen atoms in total. The molecule has 0 amide bonds. The molecule has 18 heavy (non-hydrogen) atoms. The Morgan fingerprint density at radius 2 is 1.28 bits per heavy atom. The van der Waals surface area contributed by atoms with Crippen LogP contribution in [-0.4, -0.2) is 19.0 Å². The third kappa shape index (κ3) is 4.15. The van der Waals surface area contributed by atoms with Crippen LogP contribution < -0.4 is 9.47 Å². The SMILES string of the molecule is O=Cc1c(OC(F)(F)F)cccc1OC(F)(F)F. The first-order valence-corrected chi connectivity index (χ1v) is 4.22. The van der Waals surface area contributed by atoms with Crippen molar-refractivity contribution in [2.45, 2.75) is 12.7 Å². The highest BCUT2D eigenvalue weighted by Crippen LogP contribution is 2.33. The number of alkyl halides is 6. The van der Waals surface area contributed by atoms with Gasteiger partial charge < -0.3 is 9.47 Å². The molecule has 1 aromatic rings. The van der Waals surface area contributed by atoms with Gasteiger partial charge in [-0.3, -0.25) is 4.79 Å². The van der Waals surface area contributed by atoms with E-state index in [4.69, 9.17) is 0 Å². The van der Waals surface area contributed by atoms with Gasteiger partial charge in [0, 0.05) is 0 Å². The second kappa shape index (κ2) is 4.75. The lowest BCUT2D eigenvalue weighted by molar-refractivity contribution is -0.276. The number of hydrogen-bond donors (Lipinski definition) is 0. The molecule has 0 aliphatic heterocycles. The lowest BCUT2D eigenvalue weighted by atomic mass is 10.2. The Labute approximate surface area is 95.9 Å². The van der Waals surface area contributed by atoms with Gasteiger partial charge in [0.1, 0.15) is 11.5 Å². The first-order valence-electron chi connectivity index (χ1n) is 4.22. The molecule has 0 bridgehead atoms. The number of hydrogen-bond acceptors (Lipinski definition) is 3. The van der Waals surface area contributed by atoms with Gasteiger partial charge in [0.2, 0.25) is 0 Å². The van der Waals surface area contributed by atoms with Gasteiger partial charge in [0.15, 0.2) is 6.29 Å². The molecule has 100 valence electrons. The molecule has 0 aromatic heterocycles. The summed E-state index contributed by atoms with van der Waals surface area (Å²) in [6.07, 6.45) is -10.5. The van der Waals surface area contributed by atoms with Crippen molar-refractivity contribution in [3.8, 4) is 11.5 Å². The van der Waals surface area contributed by atoms with E-state index in [1.54, 1.807) is 0 Å². The summed E-state index contributed by atoms with van der Waals surface area (Å²) >= 11 is 0.